The fourth-order valence-corrected chi connectivity index (χ4v) is 2.48. The predicted octanol–water partition coefficient (Wildman–Crippen LogP) is 3.62. The van der Waals surface area contributed by atoms with Crippen molar-refractivity contribution >= 4 is 5.96 Å². The van der Waals surface area contributed by atoms with Crippen molar-refractivity contribution in [3.05, 3.63) is 35.5 Å². The molecule has 0 saturated carbocycles. The lowest BCUT2D eigenvalue weighted by Crippen LogP contribution is -2.37. The summed E-state index contributed by atoms with van der Waals surface area (Å²) >= 11 is 0. The maximum Gasteiger partial charge on any atom is 0.387 e. The van der Waals surface area contributed by atoms with Crippen LogP contribution in [-0.4, -0.2) is 35.9 Å². The Kier molecular flexibility index (Phi) is 8.37. The molecule has 0 amide bonds. The number of guanidine groups is 1. The van der Waals surface area contributed by atoms with E-state index >= 15 is 0 Å². The third-order valence-corrected chi connectivity index (χ3v) is 3.84. The standard InChI is InChI=1S/C20H29F2N5O3/c1-6-23-19(25-12-15-26-17(30-27-15)20(3,4)5)24-11-13-9-8-10-14(28-7-2)16(13)29-18(21)22/h8-10,18H,6-7,11-12H2,1-5H3,(H2,23,24,25). The van der Waals surface area contributed by atoms with E-state index in [1.807, 2.05) is 27.7 Å². The van der Waals surface area contributed by atoms with Gasteiger partial charge in [-0.05, 0) is 19.9 Å². The van der Waals surface area contributed by atoms with Gasteiger partial charge in [-0.2, -0.15) is 13.8 Å². The molecule has 0 unspecified atom stereocenters. The van der Waals surface area contributed by atoms with Crippen LogP contribution in [0.3, 0.4) is 0 Å². The molecule has 2 N–H and O–H groups in total. The van der Waals surface area contributed by atoms with Gasteiger partial charge >= 0.3 is 6.61 Å². The largest absolute Gasteiger partial charge is 0.490 e. The second-order valence-electron chi connectivity index (χ2n) is 7.37. The number of aromatic nitrogens is 2. The summed E-state index contributed by atoms with van der Waals surface area (Å²) in [5.41, 5.74) is 0.240. The van der Waals surface area contributed by atoms with Gasteiger partial charge in [0.1, 0.15) is 0 Å². The van der Waals surface area contributed by atoms with E-state index < -0.39 is 6.61 Å². The first kappa shape index (κ1) is 23.4. The Labute approximate surface area is 175 Å². The zero-order chi connectivity index (χ0) is 22.1. The highest BCUT2D eigenvalue weighted by molar-refractivity contribution is 5.79. The molecule has 2 aromatic rings. The van der Waals surface area contributed by atoms with Crippen molar-refractivity contribution in [2.24, 2.45) is 4.99 Å². The lowest BCUT2D eigenvalue weighted by atomic mass is 9.97. The van der Waals surface area contributed by atoms with Gasteiger partial charge in [0.25, 0.3) is 0 Å². The first-order chi connectivity index (χ1) is 14.2. The number of nitrogens with one attached hydrogen (secondary N) is 2. The highest BCUT2D eigenvalue weighted by Gasteiger charge is 2.21. The minimum Gasteiger partial charge on any atom is -0.490 e. The minimum atomic E-state index is -2.96. The normalized spacial score (nSPS) is 12.2. The van der Waals surface area contributed by atoms with Gasteiger partial charge in [0, 0.05) is 17.5 Å². The van der Waals surface area contributed by atoms with E-state index in [2.05, 4.69) is 30.5 Å². The number of hydrogen-bond donors (Lipinski definition) is 2. The van der Waals surface area contributed by atoms with Crippen LogP contribution in [0.4, 0.5) is 8.78 Å². The van der Waals surface area contributed by atoms with Crippen molar-refractivity contribution in [1.29, 1.82) is 0 Å². The zero-order valence-corrected chi connectivity index (χ0v) is 18.0. The van der Waals surface area contributed by atoms with E-state index in [0.717, 1.165) is 0 Å². The molecule has 10 heteroatoms. The molecule has 166 valence electrons. The number of aliphatic imine (C=N–C) groups is 1. The Bertz CT molecular complexity index is 834. The number of halogens is 2. The second-order valence-corrected chi connectivity index (χ2v) is 7.37. The van der Waals surface area contributed by atoms with Crippen molar-refractivity contribution in [2.75, 3.05) is 13.2 Å². The second kappa shape index (κ2) is 10.7. The Morgan fingerprint density at radius 2 is 2.00 bits per heavy atom. The van der Waals surface area contributed by atoms with Crippen LogP contribution in [0.25, 0.3) is 0 Å². The van der Waals surface area contributed by atoms with Crippen LogP contribution in [0.15, 0.2) is 27.7 Å². The molecule has 30 heavy (non-hydrogen) atoms. The van der Waals surface area contributed by atoms with Crippen LogP contribution in [0, 0.1) is 0 Å². The third kappa shape index (κ3) is 6.85. The average Bonchev–Trinajstić information content (AvgIpc) is 3.15. The SMILES string of the molecule is CCNC(=NCc1cccc(OCC)c1OC(F)F)NCc1noc(C(C)(C)C)n1. The summed E-state index contributed by atoms with van der Waals surface area (Å²) in [5, 5.41) is 10.2. The van der Waals surface area contributed by atoms with E-state index in [-0.39, 0.29) is 23.5 Å². The fraction of sp³-hybridized carbons (Fsp3) is 0.550. The summed E-state index contributed by atoms with van der Waals surface area (Å²) in [6, 6.07) is 4.96. The average molecular weight is 425 g/mol. The summed E-state index contributed by atoms with van der Waals surface area (Å²) in [4.78, 5) is 8.82. The van der Waals surface area contributed by atoms with E-state index in [9.17, 15) is 8.78 Å². The molecular weight excluding hydrogens is 396 g/mol. The smallest absolute Gasteiger partial charge is 0.387 e. The Morgan fingerprint density at radius 3 is 2.60 bits per heavy atom. The first-order valence-electron chi connectivity index (χ1n) is 9.79. The molecule has 1 aromatic carbocycles. The van der Waals surface area contributed by atoms with Crippen molar-refractivity contribution in [2.45, 2.75) is 59.7 Å². The summed E-state index contributed by atoms with van der Waals surface area (Å²) in [6.45, 7) is 8.04. The van der Waals surface area contributed by atoms with Crippen molar-refractivity contribution in [3.63, 3.8) is 0 Å². The maximum absolute atomic E-state index is 12.9. The van der Waals surface area contributed by atoms with Crippen molar-refractivity contribution < 1.29 is 22.8 Å². The van der Waals surface area contributed by atoms with Crippen LogP contribution < -0.4 is 20.1 Å². The molecule has 2 rings (SSSR count). The molecule has 0 bridgehead atoms. The summed E-state index contributed by atoms with van der Waals surface area (Å²) in [6.07, 6.45) is 0. The quantitative estimate of drug-likeness (QED) is 0.468. The summed E-state index contributed by atoms with van der Waals surface area (Å²) in [7, 11) is 0. The molecule has 1 heterocycles. The van der Waals surface area contributed by atoms with Gasteiger partial charge in [-0.1, -0.05) is 38.1 Å². The molecule has 0 atom stereocenters. The lowest BCUT2D eigenvalue weighted by Gasteiger charge is -2.15. The fourth-order valence-electron chi connectivity index (χ4n) is 2.48. The number of rotatable bonds is 9. The lowest BCUT2D eigenvalue weighted by molar-refractivity contribution is -0.0520. The monoisotopic (exact) mass is 425 g/mol. The molecule has 0 aliphatic carbocycles. The van der Waals surface area contributed by atoms with Crippen molar-refractivity contribution in [1.82, 2.24) is 20.8 Å². The van der Waals surface area contributed by atoms with E-state index in [4.69, 9.17) is 9.26 Å². The number of alkyl halides is 2. The van der Waals surface area contributed by atoms with Gasteiger partial charge in [-0.15, -0.1) is 0 Å². The van der Waals surface area contributed by atoms with Crippen LogP contribution in [0.1, 0.15) is 51.9 Å². The molecule has 0 aliphatic rings. The van der Waals surface area contributed by atoms with Crippen LogP contribution >= 0.6 is 0 Å². The third-order valence-electron chi connectivity index (χ3n) is 3.84. The number of para-hydroxylation sites is 1. The van der Waals surface area contributed by atoms with Gasteiger partial charge in [0.2, 0.25) is 5.89 Å². The Balaban J connectivity index is 2.14. The van der Waals surface area contributed by atoms with Gasteiger partial charge in [-0.25, -0.2) is 4.99 Å². The van der Waals surface area contributed by atoms with Crippen LogP contribution in [0.2, 0.25) is 0 Å². The summed E-state index contributed by atoms with van der Waals surface area (Å²) in [5.74, 6) is 1.75. The molecular formula is C20H29F2N5O3. The molecule has 0 fully saturated rings. The van der Waals surface area contributed by atoms with E-state index in [1.54, 1.807) is 25.1 Å². The zero-order valence-electron chi connectivity index (χ0n) is 18.0. The maximum atomic E-state index is 12.9. The first-order valence-corrected chi connectivity index (χ1v) is 9.79. The minimum absolute atomic E-state index is 0.0121. The van der Waals surface area contributed by atoms with E-state index in [0.29, 0.717) is 42.9 Å². The highest BCUT2D eigenvalue weighted by atomic mass is 19.3. The van der Waals surface area contributed by atoms with Gasteiger partial charge < -0.3 is 24.6 Å². The van der Waals surface area contributed by atoms with E-state index in [1.165, 1.54) is 0 Å². The predicted molar refractivity (Wildman–Crippen MR) is 109 cm³/mol. The summed E-state index contributed by atoms with van der Waals surface area (Å²) < 4.78 is 41.1. The molecule has 0 saturated heterocycles. The van der Waals surface area contributed by atoms with Gasteiger partial charge in [0.15, 0.2) is 23.3 Å². The Hall–Kier alpha value is -2.91. The van der Waals surface area contributed by atoms with Gasteiger partial charge in [0.05, 0.1) is 19.7 Å². The topological polar surface area (TPSA) is 93.8 Å². The van der Waals surface area contributed by atoms with Gasteiger partial charge in [-0.3, -0.25) is 0 Å². The molecule has 0 aliphatic heterocycles. The highest BCUT2D eigenvalue weighted by Crippen LogP contribution is 2.33. The number of hydrogen-bond acceptors (Lipinski definition) is 6. The number of ether oxygens (including phenoxy) is 2. The van der Waals surface area contributed by atoms with Crippen LogP contribution in [-0.2, 0) is 18.5 Å². The molecule has 8 nitrogen and oxygen atoms in total. The van der Waals surface area contributed by atoms with Crippen molar-refractivity contribution in [3.8, 4) is 11.5 Å². The Morgan fingerprint density at radius 1 is 1.23 bits per heavy atom. The van der Waals surface area contributed by atoms with Crippen LogP contribution in [0.5, 0.6) is 11.5 Å². The number of benzene rings is 1. The molecule has 0 spiro atoms. The molecule has 0 radical (unpaired) electrons. The molecule has 1 aromatic heterocycles. The number of nitrogens with zero attached hydrogens (tertiary/aromatic N) is 3.